The fraction of sp³-hybridized carbons (Fsp3) is 0.462. The van der Waals surface area contributed by atoms with E-state index in [1.807, 2.05) is 12.1 Å². The highest BCUT2D eigenvalue weighted by atomic mass is 16.5. The topological polar surface area (TPSA) is 47.6 Å². The first-order valence-electron chi connectivity index (χ1n) is 5.83. The summed E-state index contributed by atoms with van der Waals surface area (Å²) in [5, 5.41) is 3.25. The second-order valence-corrected chi connectivity index (χ2v) is 4.67. The second-order valence-electron chi connectivity index (χ2n) is 4.67. The van der Waals surface area contributed by atoms with Gasteiger partial charge in [0.2, 0.25) is 0 Å². The molecule has 2 aliphatic rings. The van der Waals surface area contributed by atoms with Crippen LogP contribution in [0.2, 0.25) is 0 Å². The fourth-order valence-corrected chi connectivity index (χ4v) is 2.56. The van der Waals surface area contributed by atoms with Gasteiger partial charge in [-0.05, 0) is 24.7 Å². The summed E-state index contributed by atoms with van der Waals surface area (Å²) in [4.78, 5) is 12.2. The van der Waals surface area contributed by atoms with E-state index in [2.05, 4.69) is 5.32 Å². The molecule has 2 aliphatic heterocycles. The van der Waals surface area contributed by atoms with Gasteiger partial charge in [0.1, 0.15) is 17.1 Å². The van der Waals surface area contributed by atoms with E-state index in [1.165, 1.54) is 0 Å². The second kappa shape index (κ2) is 3.74. The number of fused-ring (bicyclic) bond motifs is 1. The van der Waals surface area contributed by atoms with Crippen molar-refractivity contribution < 1.29 is 14.3 Å². The molecule has 4 heteroatoms. The number of Topliss-reactive ketones (excluding diaryl/α,β-unsaturated/α-hetero) is 1. The molecule has 0 unspecified atom stereocenters. The molecule has 4 nitrogen and oxygen atoms in total. The van der Waals surface area contributed by atoms with E-state index < -0.39 is 0 Å². The molecular weight excluding hydrogens is 218 g/mol. The van der Waals surface area contributed by atoms with Gasteiger partial charge in [0.25, 0.3) is 0 Å². The van der Waals surface area contributed by atoms with Crippen LogP contribution in [0.15, 0.2) is 18.2 Å². The number of ether oxygens (including phenoxy) is 2. The van der Waals surface area contributed by atoms with Gasteiger partial charge < -0.3 is 14.8 Å². The van der Waals surface area contributed by atoms with Gasteiger partial charge in [-0.3, -0.25) is 4.79 Å². The van der Waals surface area contributed by atoms with E-state index in [0.717, 1.165) is 19.5 Å². The Labute approximate surface area is 99.9 Å². The van der Waals surface area contributed by atoms with Crippen LogP contribution in [0, 0.1) is 0 Å². The zero-order valence-corrected chi connectivity index (χ0v) is 9.79. The normalized spacial score (nSPS) is 26.8. The lowest BCUT2D eigenvalue weighted by Crippen LogP contribution is -2.43. The van der Waals surface area contributed by atoms with E-state index in [4.69, 9.17) is 9.47 Å². The molecule has 0 bridgehead atoms. The minimum atomic E-state index is -0.321. The highest BCUT2D eigenvalue weighted by Crippen LogP contribution is 2.37. The molecule has 0 aromatic heterocycles. The maximum absolute atomic E-state index is 12.2. The lowest BCUT2D eigenvalue weighted by Gasteiger charge is -2.34. The van der Waals surface area contributed by atoms with Gasteiger partial charge in [0.15, 0.2) is 5.78 Å². The molecule has 1 saturated heterocycles. The van der Waals surface area contributed by atoms with E-state index in [1.54, 1.807) is 13.2 Å². The Morgan fingerprint density at radius 3 is 3.06 bits per heavy atom. The van der Waals surface area contributed by atoms with Crippen molar-refractivity contribution >= 4 is 5.78 Å². The number of methoxy groups -OCH3 is 1. The summed E-state index contributed by atoms with van der Waals surface area (Å²) >= 11 is 0. The monoisotopic (exact) mass is 233 g/mol. The predicted octanol–water partition coefficient (Wildman–Crippen LogP) is 1.39. The van der Waals surface area contributed by atoms with Crippen molar-refractivity contribution in [3.05, 3.63) is 23.8 Å². The van der Waals surface area contributed by atoms with Crippen molar-refractivity contribution in [1.29, 1.82) is 0 Å². The summed E-state index contributed by atoms with van der Waals surface area (Å²) in [6.45, 7) is 1.67. The lowest BCUT2D eigenvalue weighted by molar-refractivity contribution is 0.0527. The Morgan fingerprint density at radius 1 is 1.47 bits per heavy atom. The smallest absolute Gasteiger partial charge is 0.170 e. The summed E-state index contributed by atoms with van der Waals surface area (Å²) in [5.74, 6) is 1.53. The minimum Gasteiger partial charge on any atom is -0.497 e. The number of carbonyl (C=O) groups is 1. The highest BCUT2D eigenvalue weighted by molar-refractivity contribution is 6.00. The molecule has 3 rings (SSSR count). The van der Waals surface area contributed by atoms with Crippen LogP contribution in [0.1, 0.15) is 23.2 Å². The summed E-state index contributed by atoms with van der Waals surface area (Å²) in [7, 11) is 1.60. The van der Waals surface area contributed by atoms with Gasteiger partial charge >= 0.3 is 0 Å². The van der Waals surface area contributed by atoms with Crippen LogP contribution in [0.5, 0.6) is 11.5 Å². The standard InChI is InChI=1S/C13H15NO3/c1-16-9-2-3-12-10(6-9)11(15)7-13(17-12)4-5-14-8-13/h2-3,6,14H,4-5,7-8H2,1H3/t13-/m0/s1. The Hall–Kier alpha value is -1.55. The van der Waals surface area contributed by atoms with Crippen molar-refractivity contribution in [3.8, 4) is 11.5 Å². The van der Waals surface area contributed by atoms with Gasteiger partial charge in [-0.15, -0.1) is 0 Å². The van der Waals surface area contributed by atoms with Crippen molar-refractivity contribution in [2.24, 2.45) is 0 Å². The van der Waals surface area contributed by atoms with Crippen LogP contribution in [0.3, 0.4) is 0 Å². The molecule has 17 heavy (non-hydrogen) atoms. The summed E-state index contributed by atoms with van der Waals surface area (Å²) in [6, 6.07) is 5.41. The third-order valence-electron chi connectivity index (χ3n) is 3.50. The van der Waals surface area contributed by atoms with Crippen LogP contribution in [-0.4, -0.2) is 31.6 Å². The first kappa shape index (κ1) is 10.6. The molecular formula is C13H15NO3. The Morgan fingerprint density at radius 2 is 2.35 bits per heavy atom. The fourth-order valence-electron chi connectivity index (χ4n) is 2.56. The summed E-state index contributed by atoms with van der Waals surface area (Å²) < 4.78 is 11.1. The predicted molar refractivity (Wildman–Crippen MR) is 62.8 cm³/mol. The molecule has 1 atom stereocenters. The molecule has 1 aromatic rings. The minimum absolute atomic E-state index is 0.147. The largest absolute Gasteiger partial charge is 0.497 e. The zero-order chi connectivity index (χ0) is 11.9. The number of hydrogen-bond donors (Lipinski definition) is 1. The maximum atomic E-state index is 12.2. The van der Waals surface area contributed by atoms with Crippen molar-refractivity contribution in [2.75, 3.05) is 20.2 Å². The molecule has 0 radical (unpaired) electrons. The van der Waals surface area contributed by atoms with Gasteiger partial charge in [0.05, 0.1) is 19.1 Å². The first-order valence-corrected chi connectivity index (χ1v) is 5.83. The Bertz CT molecular complexity index is 464. The molecule has 0 amide bonds. The van der Waals surface area contributed by atoms with Gasteiger partial charge in [-0.2, -0.15) is 0 Å². The van der Waals surface area contributed by atoms with Crippen molar-refractivity contribution in [3.63, 3.8) is 0 Å². The first-order chi connectivity index (χ1) is 8.22. The van der Waals surface area contributed by atoms with E-state index in [0.29, 0.717) is 23.5 Å². The average molecular weight is 233 g/mol. The molecule has 1 fully saturated rings. The molecule has 1 N–H and O–H groups in total. The number of carbonyl (C=O) groups excluding carboxylic acids is 1. The average Bonchev–Trinajstić information content (AvgIpc) is 2.77. The lowest BCUT2D eigenvalue weighted by atomic mass is 9.89. The van der Waals surface area contributed by atoms with Crippen LogP contribution >= 0.6 is 0 Å². The summed E-state index contributed by atoms with van der Waals surface area (Å²) in [6.07, 6.45) is 1.35. The number of benzene rings is 1. The zero-order valence-electron chi connectivity index (χ0n) is 9.79. The van der Waals surface area contributed by atoms with Crippen LogP contribution in [0.4, 0.5) is 0 Å². The molecule has 90 valence electrons. The van der Waals surface area contributed by atoms with E-state index >= 15 is 0 Å². The van der Waals surface area contributed by atoms with Crippen LogP contribution in [0.25, 0.3) is 0 Å². The van der Waals surface area contributed by atoms with Crippen molar-refractivity contribution in [1.82, 2.24) is 5.32 Å². The van der Waals surface area contributed by atoms with Crippen molar-refractivity contribution in [2.45, 2.75) is 18.4 Å². The molecule has 1 aromatic carbocycles. The maximum Gasteiger partial charge on any atom is 0.170 e. The van der Waals surface area contributed by atoms with Gasteiger partial charge in [0, 0.05) is 13.0 Å². The highest BCUT2D eigenvalue weighted by Gasteiger charge is 2.42. The van der Waals surface area contributed by atoms with E-state index in [-0.39, 0.29) is 11.4 Å². The quantitative estimate of drug-likeness (QED) is 0.796. The molecule has 0 saturated carbocycles. The third-order valence-corrected chi connectivity index (χ3v) is 3.50. The summed E-state index contributed by atoms with van der Waals surface area (Å²) in [5.41, 5.74) is 0.320. The van der Waals surface area contributed by atoms with Gasteiger partial charge in [-0.1, -0.05) is 0 Å². The number of nitrogens with one attached hydrogen (secondary N) is 1. The van der Waals surface area contributed by atoms with E-state index in [9.17, 15) is 4.79 Å². The van der Waals surface area contributed by atoms with Gasteiger partial charge in [-0.25, -0.2) is 0 Å². The molecule has 0 aliphatic carbocycles. The Kier molecular flexibility index (Phi) is 2.33. The molecule has 2 heterocycles. The Balaban J connectivity index is 1.99. The third kappa shape index (κ3) is 1.69. The van der Waals surface area contributed by atoms with Crippen LogP contribution in [-0.2, 0) is 0 Å². The number of rotatable bonds is 1. The SMILES string of the molecule is COc1ccc2c(c1)C(=O)C[C@]1(CCNC1)O2. The number of hydrogen-bond acceptors (Lipinski definition) is 4. The number of ketones is 1. The molecule has 1 spiro atoms. The van der Waals surface area contributed by atoms with Crippen LogP contribution < -0.4 is 14.8 Å².